The molecule has 248 valence electrons. The second-order valence-electron chi connectivity index (χ2n) is 13.6. The highest BCUT2D eigenvalue weighted by Gasteiger charge is 2.01. The van der Waals surface area contributed by atoms with E-state index in [1.807, 2.05) is 5.57 Å². The van der Waals surface area contributed by atoms with Gasteiger partial charge in [-0.25, -0.2) is 0 Å². The van der Waals surface area contributed by atoms with Crippen molar-refractivity contribution in [3.8, 4) is 0 Å². The van der Waals surface area contributed by atoms with E-state index < -0.39 is 0 Å². The first kappa shape index (κ1) is 41.2. The number of unbranched alkanes of at least 4 members (excludes halogenated alkanes) is 30. The van der Waals surface area contributed by atoms with Crippen molar-refractivity contribution in [2.24, 2.45) is 0 Å². The Kier molecular flexibility index (Phi) is 37.5. The van der Waals surface area contributed by atoms with Crippen LogP contribution in [-0.4, -0.2) is 0 Å². The van der Waals surface area contributed by atoms with Crippen LogP contribution >= 0.6 is 0 Å². The summed E-state index contributed by atoms with van der Waals surface area (Å²) < 4.78 is 0. The molecule has 0 aromatic rings. The fraction of sp³-hybridized carbons (Fsp3) is 0.857. The molecule has 0 fully saturated rings. The van der Waals surface area contributed by atoms with Crippen molar-refractivity contribution in [3.05, 3.63) is 37.0 Å². The maximum atomic E-state index is 3.84. The third kappa shape index (κ3) is 35.4. The van der Waals surface area contributed by atoms with Crippen LogP contribution in [0.1, 0.15) is 232 Å². The molecule has 0 N–H and O–H groups in total. The first-order valence-corrected chi connectivity index (χ1v) is 19.7. The van der Waals surface area contributed by atoms with E-state index in [0.29, 0.717) is 0 Å². The maximum Gasteiger partial charge on any atom is -0.0320 e. The van der Waals surface area contributed by atoms with Crippen molar-refractivity contribution < 1.29 is 0 Å². The minimum Gasteiger partial charge on any atom is -0.103 e. The summed E-state index contributed by atoms with van der Waals surface area (Å²) in [6.07, 6.45) is 56.4. The molecular formula is C42H80. The van der Waals surface area contributed by atoms with Gasteiger partial charge in [-0.05, 0) is 64.2 Å². The molecular weight excluding hydrogens is 504 g/mol. The van der Waals surface area contributed by atoms with E-state index in [1.54, 1.807) is 0 Å². The smallest absolute Gasteiger partial charge is 0.0320 e. The molecule has 0 spiro atoms. The molecule has 0 saturated carbocycles. The first-order valence-electron chi connectivity index (χ1n) is 19.7. The van der Waals surface area contributed by atoms with Crippen LogP contribution in [0.25, 0.3) is 0 Å². The molecule has 0 rings (SSSR count). The van der Waals surface area contributed by atoms with Crippen molar-refractivity contribution in [1.82, 2.24) is 0 Å². The summed E-state index contributed by atoms with van der Waals surface area (Å²) >= 11 is 0. The summed E-state index contributed by atoms with van der Waals surface area (Å²) in [6.45, 7) is 9.98. The SMILES string of the molecule is C=CCCCCCCCCCCCCC(=CCCCCCCCCCCCCCC)CCCCCCCCCCC=C. The first-order chi connectivity index (χ1) is 20.8. The van der Waals surface area contributed by atoms with Crippen LogP contribution in [0.2, 0.25) is 0 Å². The van der Waals surface area contributed by atoms with E-state index in [1.165, 1.54) is 225 Å². The van der Waals surface area contributed by atoms with Crippen molar-refractivity contribution in [2.45, 2.75) is 232 Å². The van der Waals surface area contributed by atoms with Crippen LogP contribution in [0.3, 0.4) is 0 Å². The predicted octanol–water partition coefficient (Wildman–Crippen LogP) is 16.0. The number of hydrogen-bond donors (Lipinski definition) is 0. The van der Waals surface area contributed by atoms with Gasteiger partial charge in [-0.3, -0.25) is 0 Å². The molecule has 0 aromatic carbocycles. The lowest BCUT2D eigenvalue weighted by molar-refractivity contribution is 0.542. The average Bonchev–Trinajstić information content (AvgIpc) is 3.00. The highest BCUT2D eigenvalue weighted by atomic mass is 14.1. The Morgan fingerprint density at radius 1 is 0.333 bits per heavy atom. The second-order valence-corrected chi connectivity index (χ2v) is 13.6. The molecule has 0 aliphatic carbocycles. The topological polar surface area (TPSA) is 0 Å². The minimum atomic E-state index is 1.20. The van der Waals surface area contributed by atoms with E-state index in [2.05, 4.69) is 38.3 Å². The lowest BCUT2D eigenvalue weighted by Crippen LogP contribution is -1.89. The van der Waals surface area contributed by atoms with Gasteiger partial charge in [0.2, 0.25) is 0 Å². The van der Waals surface area contributed by atoms with Crippen LogP contribution in [-0.2, 0) is 0 Å². The van der Waals surface area contributed by atoms with Gasteiger partial charge in [-0.15, -0.1) is 13.2 Å². The monoisotopic (exact) mass is 585 g/mol. The van der Waals surface area contributed by atoms with Crippen LogP contribution in [0, 0.1) is 0 Å². The number of hydrogen-bond acceptors (Lipinski definition) is 0. The van der Waals surface area contributed by atoms with Gasteiger partial charge in [-0.2, -0.15) is 0 Å². The highest BCUT2D eigenvalue weighted by Crippen LogP contribution is 2.21. The number of allylic oxidation sites excluding steroid dienone is 4. The Bertz CT molecular complexity index is 540. The molecule has 0 aromatic heterocycles. The fourth-order valence-corrected chi connectivity index (χ4v) is 6.38. The lowest BCUT2D eigenvalue weighted by atomic mass is 9.97. The summed E-state index contributed by atoms with van der Waals surface area (Å²) in [7, 11) is 0. The van der Waals surface area contributed by atoms with Crippen molar-refractivity contribution >= 4 is 0 Å². The van der Waals surface area contributed by atoms with E-state index in [4.69, 9.17) is 0 Å². The fourth-order valence-electron chi connectivity index (χ4n) is 6.38. The normalized spacial score (nSPS) is 11.8. The number of rotatable bonds is 37. The van der Waals surface area contributed by atoms with Gasteiger partial charge < -0.3 is 0 Å². The molecule has 0 amide bonds. The summed E-state index contributed by atoms with van der Waals surface area (Å²) in [4.78, 5) is 0. The average molecular weight is 585 g/mol. The molecule has 0 unspecified atom stereocenters. The molecule has 0 saturated heterocycles. The van der Waals surface area contributed by atoms with Gasteiger partial charge in [0.15, 0.2) is 0 Å². The summed E-state index contributed by atoms with van der Waals surface area (Å²) in [5.41, 5.74) is 1.81. The van der Waals surface area contributed by atoms with Gasteiger partial charge in [0.05, 0.1) is 0 Å². The van der Waals surface area contributed by atoms with Crippen molar-refractivity contribution in [2.75, 3.05) is 0 Å². The molecule has 42 heavy (non-hydrogen) atoms. The minimum absolute atomic E-state index is 1.20. The van der Waals surface area contributed by atoms with Crippen LogP contribution in [0.15, 0.2) is 37.0 Å². The zero-order valence-electron chi connectivity index (χ0n) is 29.4. The van der Waals surface area contributed by atoms with Gasteiger partial charge >= 0.3 is 0 Å². The largest absolute Gasteiger partial charge is 0.103 e. The quantitative estimate of drug-likeness (QED) is 0.0503. The maximum absolute atomic E-state index is 3.84. The van der Waals surface area contributed by atoms with Crippen LogP contribution < -0.4 is 0 Å². The van der Waals surface area contributed by atoms with Crippen LogP contribution in [0.5, 0.6) is 0 Å². The molecule has 0 aliphatic heterocycles. The van der Waals surface area contributed by atoms with E-state index >= 15 is 0 Å². The molecule has 0 heteroatoms. The van der Waals surface area contributed by atoms with E-state index in [-0.39, 0.29) is 0 Å². The van der Waals surface area contributed by atoms with Crippen molar-refractivity contribution in [1.29, 1.82) is 0 Å². The standard InChI is InChI=1S/C42H80/c1-4-7-10-13-16-19-22-24-26-29-32-35-38-41-42(39-36-33-30-27-21-18-15-12-9-6-3)40-37-34-31-28-25-23-20-17-14-11-8-5-2/h5-6,41H,2-4,7-40H2,1H3. The van der Waals surface area contributed by atoms with E-state index in [0.717, 1.165) is 0 Å². The summed E-state index contributed by atoms with van der Waals surface area (Å²) in [5, 5.41) is 0. The third-order valence-electron chi connectivity index (χ3n) is 9.30. The van der Waals surface area contributed by atoms with E-state index in [9.17, 15) is 0 Å². The zero-order chi connectivity index (χ0) is 30.4. The Labute approximate surface area is 268 Å². The Morgan fingerprint density at radius 3 is 0.905 bits per heavy atom. The molecule has 0 atom stereocenters. The second kappa shape index (κ2) is 38.2. The lowest BCUT2D eigenvalue weighted by Gasteiger charge is -2.09. The molecule has 0 radical (unpaired) electrons. The Hall–Kier alpha value is -0.780. The van der Waals surface area contributed by atoms with Crippen molar-refractivity contribution in [3.63, 3.8) is 0 Å². The molecule has 0 aliphatic rings. The van der Waals surface area contributed by atoms with Gasteiger partial charge in [0, 0.05) is 0 Å². The van der Waals surface area contributed by atoms with Gasteiger partial charge in [0.25, 0.3) is 0 Å². The summed E-state index contributed by atoms with van der Waals surface area (Å²) in [6, 6.07) is 0. The Morgan fingerprint density at radius 2 is 0.595 bits per heavy atom. The zero-order valence-corrected chi connectivity index (χ0v) is 29.4. The summed E-state index contributed by atoms with van der Waals surface area (Å²) in [5.74, 6) is 0. The predicted molar refractivity (Wildman–Crippen MR) is 196 cm³/mol. The third-order valence-corrected chi connectivity index (χ3v) is 9.30. The molecule has 0 heterocycles. The van der Waals surface area contributed by atoms with Gasteiger partial charge in [-0.1, -0.05) is 191 Å². The highest BCUT2D eigenvalue weighted by molar-refractivity contribution is 5.02. The van der Waals surface area contributed by atoms with Gasteiger partial charge in [0.1, 0.15) is 0 Å². The molecule has 0 nitrogen and oxygen atoms in total. The van der Waals surface area contributed by atoms with Crippen LogP contribution in [0.4, 0.5) is 0 Å². The molecule has 0 bridgehead atoms. The Balaban J connectivity index is 3.99.